The lowest BCUT2D eigenvalue weighted by Crippen LogP contribution is -2.13. The van der Waals surface area contributed by atoms with Crippen LogP contribution in [-0.4, -0.2) is 13.4 Å². The van der Waals surface area contributed by atoms with Crippen molar-refractivity contribution in [3.63, 3.8) is 0 Å². The van der Waals surface area contributed by atoms with E-state index in [0.29, 0.717) is 5.52 Å². The van der Waals surface area contributed by atoms with Crippen LogP contribution in [0.25, 0.3) is 10.2 Å². The van der Waals surface area contributed by atoms with Crippen molar-refractivity contribution in [3.8, 4) is 0 Å². The molecule has 0 aromatic carbocycles. The first-order chi connectivity index (χ1) is 6.89. The maximum absolute atomic E-state index is 11.2. The molecule has 0 spiro atoms. The van der Waals surface area contributed by atoms with Crippen LogP contribution in [0, 0.1) is 6.92 Å². The van der Waals surface area contributed by atoms with Gasteiger partial charge in [-0.25, -0.2) is 13.6 Å². The first-order valence-corrected chi connectivity index (χ1v) is 6.46. The molecule has 0 radical (unpaired) electrons. The van der Waals surface area contributed by atoms with Crippen LogP contribution in [0.15, 0.2) is 21.1 Å². The Labute approximate surface area is 89.6 Å². The highest BCUT2D eigenvalue weighted by Crippen LogP contribution is 2.28. The van der Waals surface area contributed by atoms with E-state index in [1.54, 1.807) is 6.92 Å². The molecule has 7 heteroatoms. The Morgan fingerprint density at radius 2 is 2.13 bits per heavy atom. The average Bonchev–Trinajstić information content (AvgIpc) is 2.45. The molecule has 0 aliphatic carbocycles. The highest BCUT2D eigenvalue weighted by molar-refractivity contribution is 7.89. The van der Waals surface area contributed by atoms with Crippen molar-refractivity contribution >= 4 is 31.6 Å². The molecule has 3 N–H and O–H groups in total. The lowest BCUT2D eigenvalue weighted by Gasteiger charge is -1.97. The fraction of sp³-hybridized carbons (Fsp3) is 0.125. The number of H-pyrrole nitrogens is 1. The van der Waals surface area contributed by atoms with Crippen molar-refractivity contribution in [2.75, 3.05) is 0 Å². The highest BCUT2D eigenvalue weighted by atomic mass is 32.2. The summed E-state index contributed by atoms with van der Waals surface area (Å²) in [6, 6.07) is 1.42. The van der Waals surface area contributed by atoms with Gasteiger partial charge in [0.1, 0.15) is 4.90 Å². The zero-order chi connectivity index (χ0) is 11.2. The van der Waals surface area contributed by atoms with Crippen LogP contribution < -0.4 is 10.7 Å². The van der Waals surface area contributed by atoms with Crippen LogP contribution in [0.2, 0.25) is 0 Å². The van der Waals surface area contributed by atoms with E-state index in [1.807, 2.05) is 0 Å². The number of nitrogens with one attached hydrogen (secondary N) is 1. The van der Waals surface area contributed by atoms with Gasteiger partial charge in [0.25, 0.3) is 0 Å². The van der Waals surface area contributed by atoms with Crippen LogP contribution in [0.1, 0.15) is 5.56 Å². The normalized spacial score (nSPS) is 12.1. The molecule has 0 saturated heterocycles. The number of pyridine rings is 1. The fourth-order valence-corrected chi connectivity index (χ4v) is 3.43. The molecule has 2 rings (SSSR count). The molecule has 0 amide bonds. The van der Waals surface area contributed by atoms with Crippen molar-refractivity contribution in [2.24, 2.45) is 5.14 Å². The molecule has 0 unspecified atom stereocenters. The first kappa shape index (κ1) is 10.3. The summed E-state index contributed by atoms with van der Waals surface area (Å²) in [4.78, 5) is 13.7. The minimum atomic E-state index is -3.78. The zero-order valence-electron chi connectivity index (χ0n) is 7.77. The molecule has 2 aromatic heterocycles. The van der Waals surface area contributed by atoms with Gasteiger partial charge >= 0.3 is 0 Å². The minimum absolute atomic E-state index is 0.0247. The molecule has 15 heavy (non-hydrogen) atoms. The Kier molecular flexibility index (Phi) is 2.18. The zero-order valence-corrected chi connectivity index (χ0v) is 9.41. The predicted octanol–water partition coefficient (Wildman–Crippen LogP) is 0.545. The Balaban J connectivity index is 2.99. The first-order valence-electron chi connectivity index (χ1n) is 4.03. The van der Waals surface area contributed by atoms with Gasteiger partial charge < -0.3 is 4.98 Å². The van der Waals surface area contributed by atoms with Crippen LogP contribution in [0.5, 0.6) is 0 Å². The molecule has 0 fully saturated rings. The quantitative estimate of drug-likeness (QED) is 0.767. The molecule has 0 atom stereocenters. The number of primary sulfonamides is 1. The van der Waals surface area contributed by atoms with E-state index in [0.717, 1.165) is 10.3 Å². The van der Waals surface area contributed by atoms with Crippen LogP contribution in [0.3, 0.4) is 0 Å². The lowest BCUT2D eigenvalue weighted by atomic mass is 10.3. The topological polar surface area (TPSA) is 93.0 Å². The smallest absolute Gasteiger partial charge is 0.248 e. The summed E-state index contributed by atoms with van der Waals surface area (Å²) in [7, 11) is -3.78. The lowest BCUT2D eigenvalue weighted by molar-refractivity contribution is 0.599. The summed E-state index contributed by atoms with van der Waals surface area (Å²) >= 11 is 1.25. The summed E-state index contributed by atoms with van der Waals surface area (Å²) in [5, 5.41) is 6.46. The van der Waals surface area contributed by atoms with Crippen LogP contribution in [0.4, 0.5) is 0 Å². The Morgan fingerprint density at radius 3 is 2.73 bits per heavy atom. The number of hydrogen-bond acceptors (Lipinski definition) is 4. The number of fused-ring (bicyclic) bond motifs is 1. The minimum Gasteiger partial charge on any atom is -0.320 e. The third-order valence-corrected chi connectivity index (χ3v) is 4.22. The van der Waals surface area contributed by atoms with Gasteiger partial charge in [0.05, 0.1) is 10.2 Å². The second kappa shape index (κ2) is 3.16. The van der Waals surface area contributed by atoms with E-state index in [-0.39, 0.29) is 10.5 Å². The Morgan fingerprint density at radius 1 is 1.47 bits per heavy atom. The van der Waals surface area contributed by atoms with E-state index in [2.05, 4.69) is 4.98 Å². The molecule has 0 saturated carbocycles. The molecule has 0 aliphatic rings. The van der Waals surface area contributed by atoms with Gasteiger partial charge in [-0.05, 0) is 12.5 Å². The summed E-state index contributed by atoms with van der Waals surface area (Å²) in [5.74, 6) is 0. The van der Waals surface area contributed by atoms with Crippen molar-refractivity contribution in [3.05, 3.63) is 27.4 Å². The van der Waals surface area contributed by atoms with Crippen LogP contribution >= 0.6 is 11.3 Å². The summed E-state index contributed by atoms with van der Waals surface area (Å²) in [6.45, 7) is 1.75. The average molecular weight is 244 g/mol. The van der Waals surface area contributed by atoms with Gasteiger partial charge in [-0.15, -0.1) is 11.3 Å². The van der Waals surface area contributed by atoms with Crippen molar-refractivity contribution < 1.29 is 8.42 Å². The molecular weight excluding hydrogens is 236 g/mol. The fourth-order valence-electron chi connectivity index (χ4n) is 1.38. The molecular formula is C8H8N2O3S2. The van der Waals surface area contributed by atoms with E-state index < -0.39 is 10.0 Å². The number of aromatic nitrogens is 1. The van der Waals surface area contributed by atoms with Crippen LogP contribution in [-0.2, 0) is 10.0 Å². The number of nitrogens with two attached hydrogens (primary N) is 1. The SMILES string of the molecule is Cc1cc(=O)[nH]c2c(S(N)(=O)=O)csc12. The Bertz CT molecular complexity index is 681. The second-order valence-electron chi connectivity index (χ2n) is 3.17. The third-order valence-electron chi connectivity index (χ3n) is 2.02. The van der Waals surface area contributed by atoms with Gasteiger partial charge in [0.15, 0.2) is 0 Å². The largest absolute Gasteiger partial charge is 0.320 e. The number of aromatic amines is 1. The monoisotopic (exact) mass is 244 g/mol. The predicted molar refractivity (Wildman–Crippen MR) is 58.6 cm³/mol. The number of hydrogen-bond donors (Lipinski definition) is 2. The summed E-state index contributed by atoms with van der Waals surface area (Å²) in [5.41, 5.74) is 0.712. The van der Waals surface area contributed by atoms with Gasteiger partial charge in [0.2, 0.25) is 15.6 Å². The molecule has 2 aromatic rings. The van der Waals surface area contributed by atoms with Gasteiger partial charge in [-0.2, -0.15) is 0 Å². The van der Waals surface area contributed by atoms with E-state index >= 15 is 0 Å². The molecule has 80 valence electrons. The molecule has 5 nitrogen and oxygen atoms in total. The Hall–Kier alpha value is -1.18. The summed E-state index contributed by atoms with van der Waals surface area (Å²) < 4.78 is 23.1. The maximum atomic E-state index is 11.2. The third kappa shape index (κ3) is 1.69. The second-order valence-corrected chi connectivity index (χ2v) is 5.58. The number of rotatable bonds is 1. The van der Waals surface area contributed by atoms with E-state index in [9.17, 15) is 13.2 Å². The molecule has 0 aliphatic heterocycles. The van der Waals surface area contributed by atoms with E-state index in [1.165, 1.54) is 22.8 Å². The molecule has 0 bridgehead atoms. The van der Waals surface area contributed by atoms with Crippen molar-refractivity contribution in [2.45, 2.75) is 11.8 Å². The maximum Gasteiger partial charge on any atom is 0.248 e. The van der Waals surface area contributed by atoms with Gasteiger partial charge in [-0.3, -0.25) is 4.79 Å². The van der Waals surface area contributed by atoms with E-state index in [4.69, 9.17) is 5.14 Å². The van der Waals surface area contributed by atoms with Crippen molar-refractivity contribution in [1.82, 2.24) is 4.98 Å². The standard InChI is InChI=1S/C8H8N2O3S2/c1-4-2-6(11)10-7-5(15(9,12)13)3-14-8(4)7/h2-3H,1H3,(H,10,11)(H2,9,12,13). The highest BCUT2D eigenvalue weighted by Gasteiger charge is 2.16. The number of sulfonamides is 1. The summed E-state index contributed by atoms with van der Waals surface area (Å²) in [6.07, 6.45) is 0. The van der Waals surface area contributed by atoms with Gasteiger partial charge in [0, 0.05) is 11.4 Å². The number of thiophene rings is 1. The van der Waals surface area contributed by atoms with Gasteiger partial charge in [-0.1, -0.05) is 0 Å². The van der Waals surface area contributed by atoms with Crippen molar-refractivity contribution in [1.29, 1.82) is 0 Å². The number of aryl methyl sites for hydroxylation is 1. The molecule has 2 heterocycles.